The molecule has 0 aliphatic heterocycles. The van der Waals surface area contributed by atoms with Gasteiger partial charge in [-0.15, -0.1) is 0 Å². The van der Waals surface area contributed by atoms with E-state index in [1.807, 2.05) is 12.1 Å². The minimum absolute atomic E-state index is 0.0370. The normalized spacial score (nSPS) is 10.6. The third-order valence-electron chi connectivity index (χ3n) is 4.05. The number of nitrogens with zero attached hydrogens (tertiary/aromatic N) is 1. The van der Waals surface area contributed by atoms with Crippen LogP contribution in [0.25, 0.3) is 11.0 Å². The molecule has 8 nitrogen and oxygen atoms in total. The number of benzene rings is 2. The average Bonchev–Trinajstić information content (AvgIpc) is 2.98. The molecule has 2 aromatic carbocycles. The van der Waals surface area contributed by atoms with Crippen molar-refractivity contribution in [1.29, 1.82) is 0 Å². The maximum absolute atomic E-state index is 12.2. The van der Waals surface area contributed by atoms with Gasteiger partial charge in [-0.1, -0.05) is 24.3 Å². The summed E-state index contributed by atoms with van der Waals surface area (Å²) in [5, 5.41) is 14.2. The molecule has 0 spiro atoms. The number of nitro groups is 1. The van der Waals surface area contributed by atoms with Crippen molar-refractivity contribution < 1.29 is 23.7 Å². The highest BCUT2D eigenvalue weighted by Crippen LogP contribution is 2.25. The van der Waals surface area contributed by atoms with Crippen LogP contribution >= 0.6 is 0 Å². The van der Waals surface area contributed by atoms with Gasteiger partial charge in [-0.3, -0.25) is 14.9 Å². The molecule has 1 aromatic heterocycles. The second-order valence-electron chi connectivity index (χ2n) is 5.94. The summed E-state index contributed by atoms with van der Waals surface area (Å²) in [6.45, 7) is 2.78. The van der Waals surface area contributed by atoms with Crippen LogP contribution in [0.3, 0.4) is 0 Å². The molecule has 0 radical (unpaired) electrons. The first-order valence-electron chi connectivity index (χ1n) is 8.07. The topological polar surface area (TPSA) is 112 Å². The molecule has 3 aromatic rings. The maximum Gasteiger partial charge on any atom is 0.375 e. The fourth-order valence-corrected chi connectivity index (χ4v) is 2.65. The predicted octanol–water partition coefficient (Wildman–Crippen LogP) is 3.75. The molecule has 1 N–H and O–H groups in total. The van der Waals surface area contributed by atoms with Crippen molar-refractivity contribution in [3.8, 4) is 0 Å². The van der Waals surface area contributed by atoms with Crippen molar-refractivity contribution in [3.63, 3.8) is 0 Å². The van der Waals surface area contributed by atoms with Gasteiger partial charge in [0.25, 0.3) is 11.6 Å². The van der Waals surface area contributed by atoms with Crippen molar-refractivity contribution in [2.45, 2.75) is 13.8 Å². The summed E-state index contributed by atoms with van der Waals surface area (Å²) in [4.78, 5) is 34.6. The number of fused-ring (bicyclic) bond motifs is 1. The summed E-state index contributed by atoms with van der Waals surface area (Å²) in [7, 11) is 0. The van der Waals surface area contributed by atoms with E-state index in [1.165, 1.54) is 18.2 Å². The molecule has 0 saturated carbocycles. The molecule has 0 atom stereocenters. The van der Waals surface area contributed by atoms with Gasteiger partial charge in [0, 0.05) is 28.3 Å². The number of rotatable bonds is 5. The van der Waals surface area contributed by atoms with E-state index in [0.29, 0.717) is 16.7 Å². The average molecular weight is 368 g/mol. The SMILES string of the molecule is Cc1ccc(NC(=O)COC(=O)c2oc3ccccc3c2C)cc1[N+](=O)[O-]. The molecule has 0 aliphatic carbocycles. The van der Waals surface area contributed by atoms with E-state index in [9.17, 15) is 19.7 Å². The largest absolute Gasteiger partial charge is 0.450 e. The van der Waals surface area contributed by atoms with Gasteiger partial charge in [-0.25, -0.2) is 4.79 Å². The van der Waals surface area contributed by atoms with Crippen LogP contribution < -0.4 is 5.32 Å². The van der Waals surface area contributed by atoms with E-state index in [4.69, 9.17) is 9.15 Å². The van der Waals surface area contributed by atoms with E-state index >= 15 is 0 Å². The standard InChI is InChI=1S/C19H16N2O6/c1-11-7-8-13(9-15(11)21(24)25)20-17(22)10-26-19(23)18-12(2)14-5-3-4-6-16(14)27-18/h3-9H,10H2,1-2H3,(H,20,22). The molecular formula is C19H16N2O6. The Kier molecular flexibility index (Phi) is 4.89. The minimum Gasteiger partial charge on any atom is -0.450 e. The summed E-state index contributed by atoms with van der Waals surface area (Å²) in [5.41, 5.74) is 1.80. The molecular weight excluding hydrogens is 352 g/mol. The van der Waals surface area contributed by atoms with Gasteiger partial charge >= 0.3 is 5.97 Å². The van der Waals surface area contributed by atoms with Crippen LogP contribution in [-0.4, -0.2) is 23.4 Å². The number of nitro benzene ring substituents is 1. The third-order valence-corrected chi connectivity index (χ3v) is 4.05. The van der Waals surface area contributed by atoms with Crippen molar-refractivity contribution in [3.05, 3.63) is 69.5 Å². The lowest BCUT2D eigenvalue weighted by molar-refractivity contribution is -0.385. The van der Waals surface area contributed by atoms with Crippen molar-refractivity contribution in [2.75, 3.05) is 11.9 Å². The fourth-order valence-electron chi connectivity index (χ4n) is 2.65. The second-order valence-corrected chi connectivity index (χ2v) is 5.94. The number of aryl methyl sites for hydroxylation is 2. The van der Waals surface area contributed by atoms with Crippen molar-refractivity contribution >= 4 is 34.2 Å². The predicted molar refractivity (Wildman–Crippen MR) is 97.7 cm³/mol. The summed E-state index contributed by atoms with van der Waals surface area (Å²) in [6.07, 6.45) is 0. The van der Waals surface area contributed by atoms with Crippen LogP contribution in [0.5, 0.6) is 0 Å². The molecule has 27 heavy (non-hydrogen) atoms. The van der Waals surface area contributed by atoms with E-state index in [-0.39, 0.29) is 17.1 Å². The molecule has 1 amide bonds. The van der Waals surface area contributed by atoms with Crippen LogP contribution in [0.15, 0.2) is 46.9 Å². The van der Waals surface area contributed by atoms with Gasteiger partial charge < -0.3 is 14.5 Å². The molecule has 3 rings (SSSR count). The highest BCUT2D eigenvalue weighted by atomic mass is 16.6. The summed E-state index contributed by atoms with van der Waals surface area (Å²) >= 11 is 0. The van der Waals surface area contributed by atoms with Gasteiger partial charge in [0.2, 0.25) is 5.76 Å². The zero-order valence-corrected chi connectivity index (χ0v) is 14.6. The first kappa shape index (κ1) is 18.1. The molecule has 0 aliphatic rings. The number of anilines is 1. The summed E-state index contributed by atoms with van der Waals surface area (Å²) in [6, 6.07) is 11.5. The molecule has 0 saturated heterocycles. The number of nitrogens with one attached hydrogen (secondary N) is 1. The van der Waals surface area contributed by atoms with Crippen LogP contribution in [0.4, 0.5) is 11.4 Å². The number of esters is 1. The zero-order chi connectivity index (χ0) is 19.6. The molecule has 8 heteroatoms. The maximum atomic E-state index is 12.2. The Balaban J connectivity index is 1.65. The smallest absolute Gasteiger partial charge is 0.375 e. The number of carbonyl (C=O) groups is 2. The highest BCUT2D eigenvalue weighted by molar-refractivity contribution is 5.98. The number of carbonyl (C=O) groups excluding carboxylic acids is 2. The van der Waals surface area contributed by atoms with Crippen LogP contribution in [0.1, 0.15) is 21.7 Å². The lowest BCUT2D eigenvalue weighted by atomic mass is 10.1. The Bertz CT molecular complexity index is 1050. The molecule has 0 bridgehead atoms. The fraction of sp³-hybridized carbons (Fsp3) is 0.158. The van der Waals surface area contributed by atoms with E-state index in [2.05, 4.69) is 5.32 Å². The molecule has 0 unspecified atom stereocenters. The van der Waals surface area contributed by atoms with Gasteiger partial charge in [-0.2, -0.15) is 0 Å². The van der Waals surface area contributed by atoms with E-state index in [0.717, 1.165) is 5.39 Å². The Hall–Kier alpha value is -3.68. The Labute approximate surface area is 153 Å². The van der Waals surface area contributed by atoms with Gasteiger partial charge in [0.1, 0.15) is 5.58 Å². The lowest BCUT2D eigenvalue weighted by Gasteiger charge is -2.07. The molecule has 138 valence electrons. The summed E-state index contributed by atoms with van der Waals surface area (Å²) < 4.78 is 10.5. The first-order chi connectivity index (χ1) is 12.9. The van der Waals surface area contributed by atoms with Gasteiger partial charge in [-0.05, 0) is 26.0 Å². The third kappa shape index (κ3) is 3.79. The molecule has 0 fully saturated rings. The Morgan fingerprint density at radius 2 is 1.93 bits per heavy atom. The number of para-hydroxylation sites is 1. The number of hydrogen-bond donors (Lipinski definition) is 1. The number of hydrogen-bond acceptors (Lipinski definition) is 6. The summed E-state index contributed by atoms with van der Waals surface area (Å²) in [5.74, 6) is -1.33. The van der Waals surface area contributed by atoms with E-state index in [1.54, 1.807) is 26.0 Å². The minimum atomic E-state index is -0.756. The van der Waals surface area contributed by atoms with Crippen LogP contribution in [0.2, 0.25) is 0 Å². The first-order valence-corrected chi connectivity index (χ1v) is 8.07. The monoisotopic (exact) mass is 368 g/mol. The van der Waals surface area contributed by atoms with Crippen molar-refractivity contribution in [2.24, 2.45) is 0 Å². The lowest BCUT2D eigenvalue weighted by Crippen LogP contribution is -2.21. The Morgan fingerprint density at radius 3 is 2.63 bits per heavy atom. The Morgan fingerprint density at radius 1 is 1.19 bits per heavy atom. The van der Waals surface area contributed by atoms with E-state index < -0.39 is 23.4 Å². The van der Waals surface area contributed by atoms with Crippen LogP contribution in [-0.2, 0) is 9.53 Å². The van der Waals surface area contributed by atoms with Gasteiger partial charge in [0.05, 0.1) is 4.92 Å². The quantitative estimate of drug-likeness (QED) is 0.417. The highest BCUT2D eigenvalue weighted by Gasteiger charge is 2.20. The zero-order valence-electron chi connectivity index (χ0n) is 14.6. The van der Waals surface area contributed by atoms with Gasteiger partial charge in [0.15, 0.2) is 6.61 Å². The number of ether oxygens (including phenoxy) is 1. The van der Waals surface area contributed by atoms with Crippen LogP contribution in [0, 0.1) is 24.0 Å². The van der Waals surface area contributed by atoms with Crippen molar-refractivity contribution in [1.82, 2.24) is 0 Å². The molecule has 1 heterocycles. The number of amides is 1. The second kappa shape index (κ2) is 7.28. The number of furan rings is 1.